The van der Waals surface area contributed by atoms with Gasteiger partial charge in [0.25, 0.3) is 0 Å². The van der Waals surface area contributed by atoms with Crippen LogP contribution in [-0.2, 0) is 0 Å². The fourth-order valence-electron chi connectivity index (χ4n) is 0.825. The summed E-state index contributed by atoms with van der Waals surface area (Å²) in [5.41, 5.74) is 10.6. The fourth-order valence-corrected chi connectivity index (χ4v) is 2.14. The minimum Gasteiger partial charge on any atom is -0.330 e. The van der Waals surface area contributed by atoms with Gasteiger partial charge >= 0.3 is 0 Å². The molecule has 0 radical (unpaired) electrons. The first kappa shape index (κ1) is 19.1. The van der Waals surface area contributed by atoms with Crippen LogP contribution in [0.3, 0.4) is 0 Å². The van der Waals surface area contributed by atoms with Gasteiger partial charge in [-0.15, -0.1) is 36.4 Å². The monoisotopic (exact) mass is 272 g/mol. The number of terminal acetylenes is 2. The molecule has 1 atom stereocenters. The van der Waals surface area contributed by atoms with E-state index in [0.29, 0.717) is 5.25 Å². The van der Waals surface area contributed by atoms with Crippen LogP contribution in [0.4, 0.5) is 0 Å². The lowest BCUT2D eigenvalue weighted by Gasteiger charge is -2.05. The first-order valence-electron chi connectivity index (χ1n) is 5.69. The first-order valence-corrected chi connectivity index (χ1v) is 7.89. The molecule has 0 bridgehead atoms. The lowest BCUT2D eigenvalue weighted by molar-refractivity contribution is 0.824. The van der Waals surface area contributed by atoms with Gasteiger partial charge in [-0.05, 0) is 31.7 Å². The van der Waals surface area contributed by atoms with E-state index >= 15 is 0 Å². The molecule has 0 saturated carbocycles. The van der Waals surface area contributed by atoms with Gasteiger partial charge in [0.2, 0.25) is 0 Å². The van der Waals surface area contributed by atoms with Crippen molar-refractivity contribution in [3.8, 4) is 24.7 Å². The molecule has 0 aliphatic rings. The number of nitrogens with two attached hydrogens (primary N) is 2. The Labute approximate surface area is 115 Å². The van der Waals surface area contributed by atoms with Crippen LogP contribution in [0, 0.1) is 24.7 Å². The second-order valence-corrected chi connectivity index (χ2v) is 5.83. The molecule has 0 rings (SSSR count). The van der Waals surface area contributed by atoms with Crippen LogP contribution in [0.1, 0.15) is 19.8 Å². The molecule has 2 nitrogen and oxygen atoms in total. The van der Waals surface area contributed by atoms with Crippen LogP contribution in [0.15, 0.2) is 0 Å². The molecule has 98 valence electrons. The smallest absolute Gasteiger partial charge is 0.0547 e. The van der Waals surface area contributed by atoms with Crippen molar-refractivity contribution in [1.82, 2.24) is 0 Å². The van der Waals surface area contributed by atoms with E-state index in [1.165, 1.54) is 0 Å². The van der Waals surface area contributed by atoms with Crippen molar-refractivity contribution in [2.24, 2.45) is 11.5 Å². The maximum Gasteiger partial charge on any atom is 0.0547 e. The fraction of sp³-hybridized carbons (Fsp3) is 0.692. The molecule has 1 unspecified atom stereocenters. The van der Waals surface area contributed by atoms with Gasteiger partial charge in [0.05, 0.1) is 11.5 Å². The predicted octanol–water partition coefficient (Wildman–Crippen LogP) is 1.79. The van der Waals surface area contributed by atoms with Crippen molar-refractivity contribution >= 4 is 23.5 Å². The van der Waals surface area contributed by atoms with Gasteiger partial charge in [-0.2, -0.15) is 0 Å². The summed E-state index contributed by atoms with van der Waals surface area (Å²) in [4.78, 5) is 0. The Balaban J connectivity index is 0. The molecule has 4 heteroatoms. The van der Waals surface area contributed by atoms with Gasteiger partial charge in [-0.25, -0.2) is 0 Å². The Bertz CT molecular complexity index is 218. The van der Waals surface area contributed by atoms with Gasteiger partial charge in [-0.1, -0.05) is 18.8 Å². The van der Waals surface area contributed by atoms with Crippen LogP contribution in [0.5, 0.6) is 0 Å². The highest BCUT2D eigenvalue weighted by molar-refractivity contribution is 8.00. The molecule has 0 aromatic rings. The Morgan fingerprint density at radius 1 is 1.12 bits per heavy atom. The minimum absolute atomic E-state index is 0.617. The summed E-state index contributed by atoms with van der Waals surface area (Å²) in [5.74, 6) is 7.85. The molecule has 0 fully saturated rings. The standard InChI is InChI=1S/C7H13NS.C6H11NS/c1-3-6-9-7(2)4-5-8;1-2-5-8-6-3-4-7/h1,7H,4-6,8H2,2H3;1H,3-7H2. The van der Waals surface area contributed by atoms with E-state index in [9.17, 15) is 0 Å². The van der Waals surface area contributed by atoms with Crippen molar-refractivity contribution < 1.29 is 0 Å². The van der Waals surface area contributed by atoms with E-state index in [1.54, 1.807) is 23.5 Å². The highest BCUT2D eigenvalue weighted by atomic mass is 32.2. The highest BCUT2D eigenvalue weighted by Gasteiger charge is 1.97. The molecule has 0 aliphatic heterocycles. The quantitative estimate of drug-likeness (QED) is 0.522. The van der Waals surface area contributed by atoms with Gasteiger partial charge in [-0.3, -0.25) is 0 Å². The summed E-state index contributed by atoms with van der Waals surface area (Å²) in [6.07, 6.45) is 12.2. The van der Waals surface area contributed by atoms with Crippen LogP contribution < -0.4 is 11.5 Å². The molecule has 4 N–H and O–H groups in total. The second kappa shape index (κ2) is 18.1. The van der Waals surface area contributed by atoms with Gasteiger partial charge in [0.15, 0.2) is 0 Å². The van der Waals surface area contributed by atoms with Crippen molar-refractivity contribution in [3.05, 3.63) is 0 Å². The summed E-state index contributed by atoms with van der Waals surface area (Å²) >= 11 is 3.55. The molecule has 17 heavy (non-hydrogen) atoms. The van der Waals surface area contributed by atoms with Crippen LogP contribution >= 0.6 is 23.5 Å². The molecule has 0 saturated heterocycles. The van der Waals surface area contributed by atoms with E-state index in [2.05, 4.69) is 18.8 Å². The van der Waals surface area contributed by atoms with Crippen molar-refractivity contribution in [2.45, 2.75) is 25.0 Å². The molecule has 0 aromatic carbocycles. The van der Waals surface area contributed by atoms with Gasteiger partial charge in [0.1, 0.15) is 0 Å². The number of rotatable bonds is 8. The number of hydrogen-bond acceptors (Lipinski definition) is 4. The van der Waals surface area contributed by atoms with Crippen LogP contribution in [-0.4, -0.2) is 35.6 Å². The van der Waals surface area contributed by atoms with Crippen LogP contribution in [0.25, 0.3) is 0 Å². The third-order valence-corrected chi connectivity index (χ3v) is 3.79. The highest BCUT2D eigenvalue weighted by Crippen LogP contribution is 2.11. The SMILES string of the molecule is C#CCSC(C)CCN.C#CCSCCCN. The zero-order valence-electron chi connectivity index (χ0n) is 10.7. The third-order valence-electron chi connectivity index (χ3n) is 1.70. The average molecular weight is 272 g/mol. The van der Waals surface area contributed by atoms with Crippen molar-refractivity contribution in [1.29, 1.82) is 0 Å². The Hall–Kier alpha value is -0.260. The zero-order chi connectivity index (χ0) is 13.4. The lowest BCUT2D eigenvalue weighted by Crippen LogP contribution is -2.07. The topological polar surface area (TPSA) is 52.0 Å². The maximum atomic E-state index is 5.34. The van der Waals surface area contributed by atoms with E-state index in [0.717, 1.165) is 43.2 Å². The third kappa shape index (κ3) is 21.6. The van der Waals surface area contributed by atoms with Gasteiger partial charge in [0, 0.05) is 5.25 Å². The molecule has 0 aromatic heterocycles. The Kier molecular flexibility index (Phi) is 20.3. The molecule has 0 aliphatic carbocycles. The molecule has 0 heterocycles. The summed E-state index contributed by atoms with van der Waals surface area (Å²) in [7, 11) is 0. The largest absolute Gasteiger partial charge is 0.330 e. The number of thioether (sulfide) groups is 2. The van der Waals surface area contributed by atoms with E-state index in [1.807, 2.05) is 0 Å². The number of hydrogen-bond donors (Lipinski definition) is 2. The minimum atomic E-state index is 0.617. The second-order valence-electron chi connectivity index (χ2n) is 3.30. The first-order chi connectivity index (χ1) is 8.22. The zero-order valence-corrected chi connectivity index (χ0v) is 12.3. The predicted molar refractivity (Wildman–Crippen MR) is 84.3 cm³/mol. The molecular formula is C13H24N2S2. The van der Waals surface area contributed by atoms with Gasteiger partial charge < -0.3 is 11.5 Å². The van der Waals surface area contributed by atoms with Crippen LogP contribution in [0.2, 0.25) is 0 Å². The molecule has 0 amide bonds. The summed E-state index contributed by atoms with van der Waals surface area (Å²) in [6.45, 7) is 3.69. The lowest BCUT2D eigenvalue weighted by atomic mass is 10.3. The average Bonchev–Trinajstić information content (AvgIpc) is 2.33. The Morgan fingerprint density at radius 3 is 2.24 bits per heavy atom. The summed E-state index contributed by atoms with van der Waals surface area (Å²) < 4.78 is 0. The normalized spacial score (nSPS) is 10.6. The van der Waals surface area contributed by atoms with E-state index in [-0.39, 0.29) is 0 Å². The Morgan fingerprint density at radius 2 is 1.76 bits per heavy atom. The molecule has 0 spiro atoms. The maximum absolute atomic E-state index is 5.34. The summed E-state index contributed by atoms with van der Waals surface area (Å²) in [5, 5.41) is 0.617. The van der Waals surface area contributed by atoms with E-state index in [4.69, 9.17) is 24.3 Å². The van der Waals surface area contributed by atoms with E-state index < -0.39 is 0 Å². The molecular weight excluding hydrogens is 248 g/mol. The van der Waals surface area contributed by atoms with Crippen molar-refractivity contribution in [3.63, 3.8) is 0 Å². The summed E-state index contributed by atoms with van der Waals surface area (Å²) in [6, 6.07) is 0. The van der Waals surface area contributed by atoms with Crippen molar-refractivity contribution in [2.75, 3.05) is 30.3 Å².